The summed E-state index contributed by atoms with van der Waals surface area (Å²) in [5.41, 5.74) is 9.14. The van der Waals surface area contributed by atoms with Crippen molar-refractivity contribution in [3.63, 3.8) is 0 Å². The molecule has 0 radical (unpaired) electrons. The number of rotatable bonds is 6. The molecule has 1 aromatic carbocycles. The van der Waals surface area contributed by atoms with Gasteiger partial charge in [-0.2, -0.15) is 0 Å². The Morgan fingerprint density at radius 1 is 1.07 bits per heavy atom. The van der Waals surface area contributed by atoms with Crippen molar-refractivity contribution in [2.75, 3.05) is 26.3 Å². The van der Waals surface area contributed by atoms with Gasteiger partial charge in [-0.15, -0.1) is 0 Å². The van der Waals surface area contributed by atoms with Gasteiger partial charge in [0.15, 0.2) is 0 Å². The maximum absolute atomic E-state index is 12.5. The second-order valence-electron chi connectivity index (χ2n) is 7.89. The maximum Gasteiger partial charge on any atom is 0.248 e. The molecule has 2 amide bonds. The van der Waals surface area contributed by atoms with Gasteiger partial charge in [0.25, 0.3) is 0 Å². The Kier molecular flexibility index (Phi) is 5.55. The van der Waals surface area contributed by atoms with Crippen molar-refractivity contribution in [2.45, 2.75) is 25.2 Å². The summed E-state index contributed by atoms with van der Waals surface area (Å²) in [4.78, 5) is 30.0. The van der Waals surface area contributed by atoms with Crippen LogP contribution in [0, 0.1) is 6.92 Å². The molecule has 0 atom stereocenters. The number of piperidine rings is 1. The van der Waals surface area contributed by atoms with Crippen LogP contribution in [0.3, 0.4) is 0 Å². The van der Waals surface area contributed by atoms with Gasteiger partial charge in [-0.05, 0) is 37.0 Å². The van der Waals surface area contributed by atoms with Crippen LogP contribution in [-0.2, 0) is 19.7 Å². The van der Waals surface area contributed by atoms with Crippen molar-refractivity contribution >= 4 is 17.5 Å². The number of imidazole rings is 1. The number of aryl methyl sites for hydroxylation is 1. The Morgan fingerprint density at radius 3 is 2.50 bits per heavy atom. The number of primary amides is 1. The summed E-state index contributed by atoms with van der Waals surface area (Å²) in [6.07, 6.45) is 5.73. The highest BCUT2D eigenvalue weighted by atomic mass is 16.5. The van der Waals surface area contributed by atoms with Gasteiger partial charge in [-0.1, -0.05) is 36.4 Å². The Balaban J connectivity index is 1.59. The first-order valence-electron chi connectivity index (χ1n) is 10.1. The SMILES string of the molecule is Cc1ccc2nc(C3(c4ccccc4)CCN(C(=O)COCC(N)=O)CC3)cn2c1. The monoisotopic (exact) mass is 406 g/mol. The highest BCUT2D eigenvalue weighted by molar-refractivity contribution is 5.79. The van der Waals surface area contributed by atoms with E-state index in [1.54, 1.807) is 4.90 Å². The fraction of sp³-hybridized carbons (Fsp3) is 0.348. The van der Waals surface area contributed by atoms with Gasteiger partial charge in [0.2, 0.25) is 11.8 Å². The lowest BCUT2D eigenvalue weighted by molar-refractivity contribution is -0.139. The molecule has 1 aliphatic heterocycles. The van der Waals surface area contributed by atoms with Crippen LogP contribution in [0.4, 0.5) is 0 Å². The number of likely N-dealkylation sites (tertiary alicyclic amines) is 1. The average molecular weight is 406 g/mol. The number of ether oxygens (including phenoxy) is 1. The number of fused-ring (bicyclic) bond motifs is 1. The van der Waals surface area contributed by atoms with E-state index in [4.69, 9.17) is 15.5 Å². The Morgan fingerprint density at radius 2 is 1.80 bits per heavy atom. The first kappa shape index (κ1) is 20.1. The number of nitrogens with two attached hydrogens (primary N) is 1. The molecule has 1 fully saturated rings. The summed E-state index contributed by atoms with van der Waals surface area (Å²) in [5.74, 6) is -0.699. The summed E-state index contributed by atoms with van der Waals surface area (Å²) >= 11 is 0. The largest absolute Gasteiger partial charge is 0.368 e. The molecule has 3 aromatic rings. The van der Waals surface area contributed by atoms with Crippen LogP contribution < -0.4 is 5.73 Å². The summed E-state index contributed by atoms with van der Waals surface area (Å²) < 4.78 is 7.17. The highest BCUT2D eigenvalue weighted by Crippen LogP contribution is 2.41. The zero-order valence-corrected chi connectivity index (χ0v) is 17.1. The predicted octanol–water partition coefficient (Wildman–Crippen LogP) is 2.05. The summed E-state index contributed by atoms with van der Waals surface area (Å²) in [6, 6.07) is 14.5. The van der Waals surface area contributed by atoms with Crippen LogP contribution in [0.2, 0.25) is 0 Å². The molecule has 4 rings (SSSR count). The standard InChI is InChI=1S/C23H26N4O3/c1-17-7-8-21-25-19(14-27(21)13-17)23(18-5-3-2-4-6-18)9-11-26(12-10-23)22(29)16-30-15-20(24)28/h2-8,13-14H,9-12,15-16H2,1H3,(H2,24,28). The topological polar surface area (TPSA) is 89.9 Å². The van der Waals surface area contributed by atoms with E-state index in [1.807, 2.05) is 24.3 Å². The lowest BCUT2D eigenvalue weighted by Gasteiger charge is -2.41. The van der Waals surface area contributed by atoms with E-state index < -0.39 is 5.91 Å². The first-order valence-corrected chi connectivity index (χ1v) is 10.1. The summed E-state index contributed by atoms with van der Waals surface area (Å²) in [6.45, 7) is 2.89. The van der Waals surface area contributed by atoms with E-state index in [9.17, 15) is 9.59 Å². The molecule has 0 unspecified atom stereocenters. The van der Waals surface area contributed by atoms with Crippen molar-refractivity contribution in [3.8, 4) is 0 Å². The number of hydrogen-bond donors (Lipinski definition) is 1. The van der Waals surface area contributed by atoms with Crippen molar-refractivity contribution in [3.05, 3.63) is 71.7 Å². The predicted molar refractivity (Wildman–Crippen MR) is 113 cm³/mol. The second kappa shape index (κ2) is 8.28. The van der Waals surface area contributed by atoms with Gasteiger partial charge in [-0.3, -0.25) is 9.59 Å². The van der Waals surface area contributed by atoms with E-state index in [-0.39, 0.29) is 24.5 Å². The number of carbonyl (C=O) groups is 2. The molecule has 3 heterocycles. The summed E-state index contributed by atoms with van der Waals surface area (Å²) in [5, 5.41) is 0. The van der Waals surface area contributed by atoms with Crippen molar-refractivity contribution in [1.29, 1.82) is 0 Å². The number of benzene rings is 1. The fourth-order valence-corrected chi connectivity index (χ4v) is 4.25. The molecule has 30 heavy (non-hydrogen) atoms. The van der Waals surface area contributed by atoms with Crippen LogP contribution in [-0.4, -0.2) is 52.4 Å². The minimum Gasteiger partial charge on any atom is -0.368 e. The molecule has 0 aliphatic carbocycles. The average Bonchev–Trinajstić information content (AvgIpc) is 3.18. The van der Waals surface area contributed by atoms with E-state index in [0.717, 1.165) is 24.2 Å². The van der Waals surface area contributed by atoms with Crippen LogP contribution in [0.15, 0.2) is 54.9 Å². The zero-order chi connectivity index (χ0) is 21.1. The lowest BCUT2D eigenvalue weighted by Crippen LogP contribution is -2.47. The van der Waals surface area contributed by atoms with Crippen LogP contribution >= 0.6 is 0 Å². The number of hydrogen-bond acceptors (Lipinski definition) is 4. The number of carbonyl (C=O) groups excluding carboxylic acids is 2. The number of pyridine rings is 1. The van der Waals surface area contributed by atoms with E-state index >= 15 is 0 Å². The zero-order valence-electron chi connectivity index (χ0n) is 17.1. The minimum absolute atomic E-state index is 0.122. The molecule has 1 aliphatic rings. The molecular formula is C23H26N4O3. The van der Waals surface area contributed by atoms with Gasteiger partial charge in [0.05, 0.1) is 5.69 Å². The molecule has 1 saturated heterocycles. The molecule has 7 heteroatoms. The molecule has 0 bridgehead atoms. The van der Waals surface area contributed by atoms with Gasteiger partial charge in [0.1, 0.15) is 18.9 Å². The fourth-order valence-electron chi connectivity index (χ4n) is 4.25. The van der Waals surface area contributed by atoms with E-state index in [0.29, 0.717) is 13.1 Å². The highest BCUT2D eigenvalue weighted by Gasteiger charge is 2.40. The Bertz CT molecular complexity index is 1050. The molecule has 0 saturated carbocycles. The molecular weight excluding hydrogens is 380 g/mol. The molecule has 2 aromatic heterocycles. The Labute approximate surface area is 175 Å². The summed E-state index contributed by atoms with van der Waals surface area (Å²) in [7, 11) is 0. The normalized spacial score (nSPS) is 16.0. The molecule has 7 nitrogen and oxygen atoms in total. The number of amides is 2. The van der Waals surface area contributed by atoms with Gasteiger partial charge < -0.3 is 19.8 Å². The van der Waals surface area contributed by atoms with Gasteiger partial charge >= 0.3 is 0 Å². The number of aromatic nitrogens is 2. The van der Waals surface area contributed by atoms with Gasteiger partial charge in [0, 0.05) is 30.9 Å². The smallest absolute Gasteiger partial charge is 0.248 e. The van der Waals surface area contributed by atoms with Crippen LogP contribution in [0.1, 0.15) is 29.7 Å². The second-order valence-corrected chi connectivity index (χ2v) is 7.89. The maximum atomic E-state index is 12.5. The third kappa shape index (κ3) is 3.93. The van der Waals surface area contributed by atoms with E-state index in [1.165, 1.54) is 11.1 Å². The van der Waals surface area contributed by atoms with Crippen LogP contribution in [0.25, 0.3) is 5.65 Å². The molecule has 0 spiro atoms. The van der Waals surface area contributed by atoms with Crippen molar-refractivity contribution < 1.29 is 14.3 Å². The Hall–Kier alpha value is -3.19. The number of nitrogens with zero attached hydrogens (tertiary/aromatic N) is 3. The molecule has 156 valence electrons. The van der Waals surface area contributed by atoms with Crippen LogP contribution in [0.5, 0.6) is 0 Å². The van der Waals surface area contributed by atoms with E-state index in [2.05, 4.69) is 41.9 Å². The third-order valence-corrected chi connectivity index (χ3v) is 5.86. The first-order chi connectivity index (χ1) is 14.5. The molecule has 2 N–H and O–H groups in total. The quantitative estimate of drug-likeness (QED) is 0.678. The van der Waals surface area contributed by atoms with Crippen molar-refractivity contribution in [1.82, 2.24) is 14.3 Å². The van der Waals surface area contributed by atoms with Gasteiger partial charge in [-0.25, -0.2) is 4.98 Å². The lowest BCUT2D eigenvalue weighted by atomic mass is 9.70. The van der Waals surface area contributed by atoms with Crippen molar-refractivity contribution in [2.24, 2.45) is 5.73 Å². The third-order valence-electron chi connectivity index (χ3n) is 5.86. The minimum atomic E-state index is -0.577.